The van der Waals surface area contributed by atoms with Gasteiger partial charge in [-0.15, -0.1) is 0 Å². The molecule has 0 radical (unpaired) electrons. The van der Waals surface area contributed by atoms with Gasteiger partial charge in [-0.1, -0.05) is 6.08 Å². The minimum atomic E-state index is -2.45. The molecule has 8 rings (SSSR count). The fraction of sp³-hybridized carbons (Fsp3) is 0.104. The van der Waals surface area contributed by atoms with Gasteiger partial charge in [0.2, 0.25) is 0 Å². The summed E-state index contributed by atoms with van der Waals surface area (Å²) in [6.45, 7) is 5.53. The molecule has 0 atom stereocenters. The molecule has 7 aromatic rings. The van der Waals surface area contributed by atoms with Crippen LogP contribution in [0.15, 0.2) is 174 Å². The van der Waals surface area contributed by atoms with E-state index in [4.69, 9.17) is 4.74 Å². The standard InChI is InChI=1S/C48H39OP.Os/c1-4-15-35-27-36-23-25-38-29-41(30-39-26-24-37(28-35)47(36)48(38)39)46(31-42-33-49-32-40(42)16-5-2)34(3)50(43-17-9-6-10-18-43,44-19-11-7-12-20-44)45-21-13-8-14-22-45;/h4,6-31H,5,32-33H2,1-2H3;/q+1;/b15-4+,40-16?,42-31?,46-34?;. The van der Waals surface area contributed by atoms with Crippen molar-refractivity contribution in [2.45, 2.75) is 20.3 Å². The van der Waals surface area contributed by atoms with Crippen LogP contribution >= 0.6 is 7.26 Å². The van der Waals surface area contributed by atoms with Gasteiger partial charge in [-0.05, 0) is 6.92 Å². The van der Waals surface area contributed by atoms with Gasteiger partial charge in [0.25, 0.3) is 0 Å². The topological polar surface area (TPSA) is 9.23 Å². The monoisotopic (exact) mass is 854 g/mol. The first-order valence-corrected chi connectivity index (χ1v) is 20.7. The second-order valence-corrected chi connectivity index (χ2v) is 17.1. The molecule has 0 aliphatic carbocycles. The second kappa shape index (κ2) is 14.5. The van der Waals surface area contributed by atoms with Crippen LogP contribution in [0.4, 0.5) is 0 Å². The Hall–Kier alpha value is -4.65. The summed E-state index contributed by atoms with van der Waals surface area (Å²) in [7, 11) is -2.45. The third kappa shape index (κ3) is 5.98. The molecule has 0 saturated carbocycles. The summed E-state index contributed by atoms with van der Waals surface area (Å²) >= 11 is 1.84. The van der Waals surface area contributed by atoms with E-state index >= 15 is 0 Å². The zero-order valence-electron chi connectivity index (χ0n) is 28.9. The van der Waals surface area contributed by atoms with E-state index in [9.17, 15) is 0 Å². The molecular formula is C48H39OOsP+. The zero-order chi connectivity index (χ0) is 34.8. The van der Waals surface area contributed by atoms with Gasteiger partial charge in [-0.25, -0.2) is 0 Å². The van der Waals surface area contributed by atoms with E-state index in [0.29, 0.717) is 13.2 Å². The molecule has 0 amide bonds. The SMILES string of the molecule is C/C=C/c1cc2ccc3cc(C(C=C4COCC4=CCC)=C([C]#[Os])[P+](c4ccccc4)(c4ccccc4)c4ccccc4)cc4ccc(c1)c2c34. The molecule has 1 saturated heterocycles. The summed E-state index contributed by atoms with van der Waals surface area (Å²) in [5.41, 5.74) is 6.17. The molecule has 51 heavy (non-hydrogen) atoms. The van der Waals surface area contributed by atoms with Crippen molar-refractivity contribution in [1.82, 2.24) is 0 Å². The second-order valence-electron chi connectivity index (χ2n) is 13.1. The molecule has 0 aromatic heterocycles. The molecule has 3 heteroatoms. The Bertz CT molecular complexity index is 2370. The van der Waals surface area contributed by atoms with Crippen molar-refractivity contribution in [2.75, 3.05) is 13.2 Å². The van der Waals surface area contributed by atoms with Crippen LogP contribution < -0.4 is 15.9 Å². The van der Waals surface area contributed by atoms with Crippen molar-refractivity contribution >= 4 is 67.1 Å². The molecule has 0 bridgehead atoms. The molecule has 0 N–H and O–H groups in total. The summed E-state index contributed by atoms with van der Waals surface area (Å²) < 4.78 is 10.1. The predicted octanol–water partition coefficient (Wildman–Crippen LogP) is 11.1. The Kier molecular flexibility index (Phi) is 9.54. The van der Waals surface area contributed by atoms with Crippen molar-refractivity contribution in [3.63, 3.8) is 0 Å². The van der Waals surface area contributed by atoms with Crippen LogP contribution in [0.1, 0.15) is 31.4 Å². The van der Waals surface area contributed by atoms with Gasteiger partial charge in [-0.2, -0.15) is 0 Å². The number of hydrogen-bond donors (Lipinski definition) is 0. The Morgan fingerprint density at radius 3 is 1.59 bits per heavy atom. The van der Waals surface area contributed by atoms with Crippen molar-refractivity contribution in [2.24, 2.45) is 0 Å². The van der Waals surface area contributed by atoms with Gasteiger partial charge in [0.1, 0.15) is 0 Å². The summed E-state index contributed by atoms with van der Waals surface area (Å²) in [6.07, 6.45) is 10.0. The van der Waals surface area contributed by atoms with Crippen LogP contribution in [0.25, 0.3) is 44.0 Å². The molecule has 1 fully saturated rings. The fourth-order valence-electron chi connectivity index (χ4n) is 7.87. The number of rotatable bonds is 8. The van der Waals surface area contributed by atoms with E-state index in [-0.39, 0.29) is 0 Å². The maximum absolute atomic E-state index is 6.13. The van der Waals surface area contributed by atoms with Crippen LogP contribution in [0.3, 0.4) is 0 Å². The van der Waals surface area contributed by atoms with Gasteiger partial charge in [0, 0.05) is 0 Å². The number of ether oxygens (including phenoxy) is 1. The van der Waals surface area contributed by atoms with E-state index in [1.807, 2.05) is 17.9 Å². The summed E-state index contributed by atoms with van der Waals surface area (Å²) in [4.78, 5) is 0. The van der Waals surface area contributed by atoms with Crippen LogP contribution in [0.5, 0.6) is 0 Å². The Labute approximate surface area is 311 Å². The van der Waals surface area contributed by atoms with Gasteiger partial charge < -0.3 is 0 Å². The van der Waals surface area contributed by atoms with E-state index in [1.165, 1.54) is 81.4 Å². The van der Waals surface area contributed by atoms with E-state index in [0.717, 1.165) is 6.42 Å². The first-order valence-electron chi connectivity index (χ1n) is 17.6. The van der Waals surface area contributed by atoms with Crippen molar-refractivity contribution in [1.29, 1.82) is 0 Å². The van der Waals surface area contributed by atoms with Crippen LogP contribution in [0.2, 0.25) is 0 Å². The Morgan fingerprint density at radius 1 is 0.667 bits per heavy atom. The van der Waals surface area contributed by atoms with Gasteiger partial charge >= 0.3 is 300 Å². The molecule has 0 spiro atoms. The van der Waals surface area contributed by atoms with Crippen molar-refractivity contribution in [3.8, 4) is 4.37 Å². The molecule has 1 nitrogen and oxygen atoms in total. The molecule has 7 aromatic carbocycles. The molecule has 1 heterocycles. The van der Waals surface area contributed by atoms with Crippen LogP contribution in [-0.2, 0) is 22.7 Å². The number of benzene rings is 7. The summed E-state index contributed by atoms with van der Waals surface area (Å²) in [5.74, 6) is 0. The molecule has 0 unspecified atom stereocenters. The van der Waals surface area contributed by atoms with E-state index < -0.39 is 7.26 Å². The maximum atomic E-state index is 6.13. The van der Waals surface area contributed by atoms with Crippen molar-refractivity contribution < 1.29 is 22.7 Å². The van der Waals surface area contributed by atoms with E-state index in [1.54, 1.807) is 0 Å². The third-order valence-electron chi connectivity index (χ3n) is 10.0. The van der Waals surface area contributed by atoms with Gasteiger partial charge in [0.15, 0.2) is 0 Å². The normalized spacial score (nSPS) is 15.8. The average molecular weight is 853 g/mol. The Balaban J connectivity index is 1.51. The molecule has 1 aliphatic heterocycles. The van der Waals surface area contributed by atoms with Gasteiger partial charge in [0.05, 0.1) is 0 Å². The third-order valence-corrected chi connectivity index (χ3v) is 15.4. The summed E-state index contributed by atoms with van der Waals surface area (Å²) in [6, 6.07) is 52.1. The molecular weight excluding hydrogens is 814 g/mol. The average Bonchev–Trinajstić information content (AvgIpc) is 3.62. The predicted molar refractivity (Wildman–Crippen MR) is 218 cm³/mol. The first kappa shape index (κ1) is 33.5. The minimum absolute atomic E-state index is 0.602. The quantitative estimate of drug-likeness (QED) is 0.109. The summed E-state index contributed by atoms with van der Waals surface area (Å²) in [5, 5.41) is 12.9. The number of allylic oxidation sites excluding steroid dienone is 5. The zero-order valence-corrected chi connectivity index (χ0v) is 32.4. The van der Waals surface area contributed by atoms with Gasteiger partial charge in [-0.3, -0.25) is 0 Å². The molecule has 249 valence electrons. The van der Waals surface area contributed by atoms with Crippen LogP contribution in [-0.4, -0.2) is 13.2 Å². The Morgan fingerprint density at radius 2 is 1.14 bits per heavy atom. The number of hydrogen-bond acceptors (Lipinski definition) is 1. The van der Waals surface area contributed by atoms with Crippen LogP contribution in [0, 0.1) is 4.37 Å². The first-order chi connectivity index (χ1) is 25.1. The van der Waals surface area contributed by atoms with Crippen molar-refractivity contribution in [3.05, 3.63) is 185 Å². The van der Waals surface area contributed by atoms with E-state index in [2.05, 4.69) is 182 Å². The fourth-order valence-corrected chi connectivity index (χ4v) is 13.7. The molecule has 1 aliphatic rings.